The summed E-state index contributed by atoms with van der Waals surface area (Å²) in [5.74, 6) is 0.559. The Bertz CT molecular complexity index is 1100. The highest BCUT2D eigenvalue weighted by Gasteiger charge is 2.23. The summed E-state index contributed by atoms with van der Waals surface area (Å²) in [7, 11) is 1.78. The summed E-state index contributed by atoms with van der Waals surface area (Å²) in [6.45, 7) is 4.84. The highest BCUT2D eigenvalue weighted by Crippen LogP contribution is 2.35. The van der Waals surface area contributed by atoms with Gasteiger partial charge in [0.15, 0.2) is 0 Å². The van der Waals surface area contributed by atoms with Gasteiger partial charge in [0.05, 0.1) is 11.7 Å². The van der Waals surface area contributed by atoms with E-state index in [0.717, 1.165) is 46.2 Å². The van der Waals surface area contributed by atoms with Gasteiger partial charge in [-0.2, -0.15) is 0 Å². The predicted octanol–water partition coefficient (Wildman–Crippen LogP) is 3.55. The molecule has 1 aliphatic rings. The lowest BCUT2D eigenvalue weighted by Gasteiger charge is -2.19. The van der Waals surface area contributed by atoms with Gasteiger partial charge in [-0.25, -0.2) is 4.98 Å². The largest absolute Gasteiger partial charge is 0.340 e. The van der Waals surface area contributed by atoms with Gasteiger partial charge in [0.25, 0.3) is 5.56 Å². The molecule has 0 fully saturated rings. The van der Waals surface area contributed by atoms with Gasteiger partial charge in [0.2, 0.25) is 5.91 Å². The van der Waals surface area contributed by atoms with Gasteiger partial charge in [-0.1, -0.05) is 31.2 Å². The Labute approximate surface area is 168 Å². The Morgan fingerprint density at radius 2 is 2.14 bits per heavy atom. The molecule has 146 valence electrons. The Balaban J connectivity index is 1.58. The third kappa shape index (κ3) is 3.49. The quantitative estimate of drug-likeness (QED) is 0.679. The van der Waals surface area contributed by atoms with Gasteiger partial charge in [0.1, 0.15) is 11.4 Å². The summed E-state index contributed by atoms with van der Waals surface area (Å²) in [5, 5.41) is 0.726. The van der Waals surface area contributed by atoms with Crippen molar-refractivity contribution in [3.8, 4) is 0 Å². The van der Waals surface area contributed by atoms with Crippen LogP contribution in [0.4, 0.5) is 0 Å². The lowest BCUT2D eigenvalue weighted by Crippen LogP contribution is -2.34. The normalized spacial score (nSPS) is 16.2. The standard InChI is InChI=1S/C22H25N3O2S/c1-14-8-9-17-18(10-14)28-21-20(17)22(27)25(13-23-21)12-19(26)24(3)11-16-7-5-4-6-15(16)2/h4-7,13-14H,8-12H2,1-3H3/t14-/m0/s1. The van der Waals surface area contributed by atoms with Crippen LogP contribution in [0.2, 0.25) is 0 Å². The first-order chi connectivity index (χ1) is 13.4. The molecule has 0 saturated carbocycles. The average Bonchev–Trinajstić information content (AvgIpc) is 3.03. The molecule has 0 N–H and O–H groups in total. The van der Waals surface area contributed by atoms with Crippen LogP contribution < -0.4 is 5.56 Å². The van der Waals surface area contributed by atoms with Crippen LogP contribution in [0.3, 0.4) is 0 Å². The molecule has 1 aromatic carbocycles. The van der Waals surface area contributed by atoms with E-state index in [4.69, 9.17) is 0 Å². The van der Waals surface area contributed by atoms with Crippen molar-refractivity contribution in [2.75, 3.05) is 7.05 Å². The van der Waals surface area contributed by atoms with E-state index in [1.54, 1.807) is 23.3 Å². The average molecular weight is 396 g/mol. The van der Waals surface area contributed by atoms with Crippen molar-refractivity contribution in [3.63, 3.8) is 0 Å². The van der Waals surface area contributed by atoms with Crippen LogP contribution in [0.25, 0.3) is 10.2 Å². The van der Waals surface area contributed by atoms with Crippen molar-refractivity contribution in [1.29, 1.82) is 0 Å². The SMILES string of the molecule is Cc1ccccc1CN(C)C(=O)Cn1cnc2sc3c(c2c1=O)CC[C@H](C)C3. The Kier molecular flexibility index (Phi) is 5.06. The van der Waals surface area contributed by atoms with E-state index in [2.05, 4.69) is 11.9 Å². The van der Waals surface area contributed by atoms with Crippen LogP contribution in [0.1, 0.15) is 34.9 Å². The Morgan fingerprint density at radius 1 is 1.36 bits per heavy atom. The highest BCUT2D eigenvalue weighted by atomic mass is 32.1. The molecule has 0 unspecified atom stereocenters. The van der Waals surface area contributed by atoms with Crippen LogP contribution in [-0.2, 0) is 30.7 Å². The summed E-state index contributed by atoms with van der Waals surface area (Å²) in [6.07, 6.45) is 4.58. The minimum Gasteiger partial charge on any atom is -0.340 e. The van der Waals surface area contributed by atoms with Crippen molar-refractivity contribution >= 4 is 27.5 Å². The molecular formula is C22H25N3O2S. The molecule has 1 aliphatic carbocycles. The monoisotopic (exact) mass is 395 g/mol. The molecule has 1 amide bonds. The Hall–Kier alpha value is -2.47. The van der Waals surface area contributed by atoms with E-state index in [9.17, 15) is 9.59 Å². The summed E-state index contributed by atoms with van der Waals surface area (Å²) < 4.78 is 1.46. The molecular weight excluding hydrogens is 370 g/mol. The number of hydrogen-bond acceptors (Lipinski definition) is 4. The predicted molar refractivity (Wildman–Crippen MR) is 113 cm³/mol. The van der Waals surface area contributed by atoms with Crippen LogP contribution >= 0.6 is 11.3 Å². The van der Waals surface area contributed by atoms with Crippen molar-refractivity contribution < 1.29 is 4.79 Å². The van der Waals surface area contributed by atoms with Crippen molar-refractivity contribution in [2.45, 2.75) is 46.2 Å². The van der Waals surface area contributed by atoms with Gasteiger partial charge < -0.3 is 4.90 Å². The minimum atomic E-state index is -0.0933. The molecule has 0 aliphatic heterocycles. The van der Waals surface area contributed by atoms with E-state index in [-0.39, 0.29) is 18.0 Å². The highest BCUT2D eigenvalue weighted by molar-refractivity contribution is 7.18. The first-order valence-electron chi connectivity index (χ1n) is 9.72. The first kappa shape index (κ1) is 18.9. The van der Waals surface area contributed by atoms with E-state index in [0.29, 0.717) is 12.5 Å². The number of amides is 1. The van der Waals surface area contributed by atoms with Crippen molar-refractivity contribution in [2.24, 2.45) is 5.92 Å². The number of fused-ring (bicyclic) bond motifs is 3. The maximum atomic E-state index is 13.1. The molecule has 3 aromatic rings. The topological polar surface area (TPSA) is 55.2 Å². The number of nitrogens with zero attached hydrogens (tertiary/aromatic N) is 3. The number of rotatable bonds is 4. The molecule has 2 heterocycles. The molecule has 0 saturated heterocycles. The maximum absolute atomic E-state index is 13.1. The third-order valence-corrected chi connectivity index (χ3v) is 6.84. The molecule has 0 radical (unpaired) electrons. The fourth-order valence-electron chi connectivity index (χ4n) is 3.88. The molecule has 5 nitrogen and oxygen atoms in total. The first-order valence-corrected chi connectivity index (χ1v) is 10.5. The minimum absolute atomic E-state index is 0.0190. The van der Waals surface area contributed by atoms with Crippen LogP contribution in [0.15, 0.2) is 35.4 Å². The number of likely N-dealkylation sites (N-methyl/N-ethyl adjacent to an activating group) is 1. The van der Waals surface area contributed by atoms with Gasteiger partial charge in [-0.05, 0) is 48.8 Å². The summed E-state index contributed by atoms with van der Waals surface area (Å²) >= 11 is 1.64. The number of aryl methyl sites for hydroxylation is 2. The maximum Gasteiger partial charge on any atom is 0.262 e. The second-order valence-corrected chi connectivity index (χ2v) is 8.97. The number of thiophene rings is 1. The Morgan fingerprint density at radius 3 is 2.93 bits per heavy atom. The molecule has 28 heavy (non-hydrogen) atoms. The fraction of sp³-hybridized carbons (Fsp3) is 0.409. The van der Waals surface area contributed by atoms with Gasteiger partial charge in [0, 0.05) is 18.5 Å². The van der Waals surface area contributed by atoms with E-state index in [1.165, 1.54) is 15.8 Å². The second kappa shape index (κ2) is 7.51. The summed E-state index contributed by atoms with van der Waals surface area (Å²) in [5.41, 5.74) is 3.34. The van der Waals surface area contributed by atoms with Crippen molar-refractivity contribution in [3.05, 3.63) is 62.5 Å². The van der Waals surface area contributed by atoms with Crippen LogP contribution in [0.5, 0.6) is 0 Å². The smallest absolute Gasteiger partial charge is 0.262 e. The molecule has 0 spiro atoms. The molecule has 4 rings (SSSR count). The van der Waals surface area contributed by atoms with Gasteiger partial charge in [-0.15, -0.1) is 11.3 Å². The lowest BCUT2D eigenvalue weighted by molar-refractivity contribution is -0.131. The number of carbonyl (C=O) groups is 1. The molecule has 2 aromatic heterocycles. The van der Waals surface area contributed by atoms with Crippen molar-refractivity contribution in [1.82, 2.24) is 14.5 Å². The summed E-state index contributed by atoms with van der Waals surface area (Å²) in [4.78, 5) is 34.1. The molecule has 0 bridgehead atoms. The zero-order valence-corrected chi connectivity index (χ0v) is 17.4. The van der Waals surface area contributed by atoms with Gasteiger partial charge in [-0.3, -0.25) is 14.2 Å². The second-order valence-electron chi connectivity index (χ2n) is 7.89. The molecule has 6 heteroatoms. The fourth-order valence-corrected chi connectivity index (χ4v) is 5.22. The molecule has 1 atom stereocenters. The van der Waals surface area contributed by atoms with Gasteiger partial charge >= 0.3 is 0 Å². The van der Waals surface area contributed by atoms with Crippen LogP contribution in [0, 0.1) is 12.8 Å². The lowest BCUT2D eigenvalue weighted by atomic mass is 9.89. The zero-order valence-electron chi connectivity index (χ0n) is 16.6. The van der Waals surface area contributed by atoms with E-state index < -0.39 is 0 Å². The third-order valence-electron chi connectivity index (χ3n) is 5.68. The number of benzene rings is 1. The zero-order chi connectivity index (χ0) is 19.8. The van der Waals surface area contributed by atoms with E-state index >= 15 is 0 Å². The number of hydrogen-bond donors (Lipinski definition) is 0. The van der Waals surface area contributed by atoms with Crippen LogP contribution in [-0.4, -0.2) is 27.4 Å². The van der Waals surface area contributed by atoms with E-state index in [1.807, 2.05) is 31.2 Å². The number of carbonyl (C=O) groups excluding carboxylic acids is 1. The summed E-state index contributed by atoms with van der Waals surface area (Å²) in [6, 6.07) is 8.03. The number of aromatic nitrogens is 2.